The minimum atomic E-state index is -0.566. The van der Waals surface area contributed by atoms with Crippen LogP contribution in [0.15, 0.2) is 68.9 Å². The van der Waals surface area contributed by atoms with Crippen molar-refractivity contribution >= 4 is 28.9 Å². The van der Waals surface area contributed by atoms with Gasteiger partial charge in [-0.05, 0) is 30.3 Å². The summed E-state index contributed by atoms with van der Waals surface area (Å²) in [7, 11) is 0. The third-order valence-corrected chi connectivity index (χ3v) is 4.62. The van der Waals surface area contributed by atoms with E-state index in [-0.39, 0.29) is 23.1 Å². The van der Waals surface area contributed by atoms with Crippen molar-refractivity contribution < 1.29 is 23.3 Å². The maximum absolute atomic E-state index is 12.8. The molecule has 3 heterocycles. The van der Waals surface area contributed by atoms with Gasteiger partial charge in [0.2, 0.25) is 0 Å². The topological polar surface area (TPSA) is 111 Å². The monoisotopic (exact) mass is 415 g/mol. The number of nitro benzene ring substituents is 1. The number of benzene rings is 1. The standard InChI is InChI=1S/C19H14ClN3O6/c20-13-9-12(23(25)26)5-6-16(13)29-11-19(24)22-15(18-4-2-8-28-18)10-14(21-22)17-3-1-7-27-17/h1-9,15H,10-11H2. The molecule has 29 heavy (non-hydrogen) atoms. The first-order valence-corrected chi connectivity index (χ1v) is 8.94. The number of hydrazone groups is 1. The SMILES string of the molecule is O=C(COc1ccc([N+](=O)[O-])cc1Cl)N1N=C(c2ccco2)CC1c1ccco1. The third kappa shape index (κ3) is 3.85. The van der Waals surface area contributed by atoms with Crippen molar-refractivity contribution in [2.45, 2.75) is 12.5 Å². The van der Waals surface area contributed by atoms with E-state index in [0.717, 1.165) is 6.07 Å². The minimum absolute atomic E-state index is 0.0378. The molecule has 1 aliphatic heterocycles. The number of ether oxygens (including phenoxy) is 1. The van der Waals surface area contributed by atoms with Crippen LogP contribution in [0, 0.1) is 10.1 Å². The molecule has 10 heteroatoms. The van der Waals surface area contributed by atoms with Crippen LogP contribution in [-0.4, -0.2) is 28.2 Å². The Hall–Kier alpha value is -3.59. The molecule has 1 aliphatic rings. The summed E-state index contributed by atoms with van der Waals surface area (Å²) in [5.74, 6) is 0.880. The van der Waals surface area contributed by atoms with Crippen LogP contribution in [0.25, 0.3) is 0 Å². The van der Waals surface area contributed by atoms with Crippen LogP contribution in [0.2, 0.25) is 5.02 Å². The largest absolute Gasteiger partial charge is 0.482 e. The van der Waals surface area contributed by atoms with Crippen LogP contribution in [0.3, 0.4) is 0 Å². The molecular weight excluding hydrogens is 402 g/mol. The van der Waals surface area contributed by atoms with E-state index in [1.54, 1.807) is 24.3 Å². The molecule has 0 N–H and O–H groups in total. The van der Waals surface area contributed by atoms with Crippen molar-refractivity contribution in [3.8, 4) is 5.75 Å². The number of hydrogen-bond acceptors (Lipinski definition) is 7. The lowest BCUT2D eigenvalue weighted by Crippen LogP contribution is -2.31. The lowest BCUT2D eigenvalue weighted by Gasteiger charge is -2.20. The highest BCUT2D eigenvalue weighted by atomic mass is 35.5. The maximum Gasteiger partial charge on any atom is 0.281 e. The molecule has 0 spiro atoms. The Balaban J connectivity index is 1.51. The Kier molecular flexibility index (Phi) is 5.05. The predicted octanol–water partition coefficient (Wildman–Crippen LogP) is 4.19. The number of halogens is 1. The summed E-state index contributed by atoms with van der Waals surface area (Å²) >= 11 is 6.01. The molecule has 1 unspecified atom stereocenters. The first kappa shape index (κ1) is 18.8. The van der Waals surface area contributed by atoms with Gasteiger partial charge in [0.1, 0.15) is 29.0 Å². The molecule has 148 valence electrons. The molecule has 0 aliphatic carbocycles. The normalized spacial score (nSPS) is 16.0. The quantitative estimate of drug-likeness (QED) is 0.440. The molecular formula is C19H14ClN3O6. The van der Waals surface area contributed by atoms with E-state index in [4.69, 9.17) is 25.2 Å². The molecule has 4 rings (SSSR count). The zero-order valence-electron chi connectivity index (χ0n) is 14.9. The van der Waals surface area contributed by atoms with E-state index >= 15 is 0 Å². The number of carbonyl (C=O) groups is 1. The van der Waals surface area contributed by atoms with E-state index < -0.39 is 16.9 Å². The van der Waals surface area contributed by atoms with E-state index in [2.05, 4.69) is 5.10 Å². The lowest BCUT2D eigenvalue weighted by atomic mass is 10.1. The van der Waals surface area contributed by atoms with Gasteiger partial charge in [0.25, 0.3) is 11.6 Å². The van der Waals surface area contributed by atoms with Crippen molar-refractivity contribution in [2.24, 2.45) is 5.10 Å². The van der Waals surface area contributed by atoms with Gasteiger partial charge in [0.15, 0.2) is 6.61 Å². The smallest absolute Gasteiger partial charge is 0.281 e. The Morgan fingerprint density at radius 1 is 1.28 bits per heavy atom. The van der Waals surface area contributed by atoms with Crippen LogP contribution in [0.4, 0.5) is 5.69 Å². The first-order valence-electron chi connectivity index (χ1n) is 8.56. The predicted molar refractivity (Wildman–Crippen MR) is 102 cm³/mol. The van der Waals surface area contributed by atoms with Gasteiger partial charge in [0.05, 0.1) is 22.5 Å². The number of rotatable bonds is 6. The fraction of sp³-hybridized carbons (Fsp3) is 0.158. The zero-order valence-corrected chi connectivity index (χ0v) is 15.6. The molecule has 1 aromatic carbocycles. The summed E-state index contributed by atoms with van der Waals surface area (Å²) in [5.41, 5.74) is 0.442. The third-order valence-electron chi connectivity index (χ3n) is 4.32. The fourth-order valence-corrected chi connectivity index (χ4v) is 3.19. The summed E-state index contributed by atoms with van der Waals surface area (Å²) < 4.78 is 16.3. The van der Waals surface area contributed by atoms with Crippen LogP contribution < -0.4 is 4.74 Å². The van der Waals surface area contributed by atoms with Gasteiger partial charge in [-0.2, -0.15) is 5.10 Å². The zero-order chi connectivity index (χ0) is 20.4. The van der Waals surface area contributed by atoms with Crippen molar-refractivity contribution in [3.63, 3.8) is 0 Å². The van der Waals surface area contributed by atoms with Crippen molar-refractivity contribution in [2.75, 3.05) is 6.61 Å². The number of hydrogen-bond donors (Lipinski definition) is 0. The Bertz CT molecular complexity index is 1060. The molecule has 0 bridgehead atoms. The van der Waals surface area contributed by atoms with Gasteiger partial charge >= 0.3 is 0 Å². The molecule has 1 amide bonds. The van der Waals surface area contributed by atoms with Gasteiger partial charge < -0.3 is 13.6 Å². The first-order chi connectivity index (χ1) is 14.0. The number of nitro groups is 1. The minimum Gasteiger partial charge on any atom is -0.482 e. The summed E-state index contributed by atoms with van der Waals surface area (Å²) in [5, 5.41) is 16.5. The second-order valence-corrected chi connectivity index (χ2v) is 6.57. The Morgan fingerprint density at radius 3 is 2.72 bits per heavy atom. The molecule has 0 radical (unpaired) electrons. The number of non-ortho nitro benzene ring substituents is 1. The highest BCUT2D eigenvalue weighted by molar-refractivity contribution is 6.32. The van der Waals surface area contributed by atoms with Crippen LogP contribution in [0.5, 0.6) is 5.75 Å². The van der Waals surface area contributed by atoms with Crippen molar-refractivity contribution in [1.29, 1.82) is 0 Å². The summed E-state index contributed by atoms with van der Waals surface area (Å²) in [4.78, 5) is 23.0. The van der Waals surface area contributed by atoms with Gasteiger partial charge in [-0.1, -0.05) is 11.6 Å². The maximum atomic E-state index is 12.8. The van der Waals surface area contributed by atoms with Crippen molar-refractivity contribution in [1.82, 2.24) is 5.01 Å². The van der Waals surface area contributed by atoms with Gasteiger partial charge in [-0.25, -0.2) is 5.01 Å². The van der Waals surface area contributed by atoms with Crippen LogP contribution >= 0.6 is 11.6 Å². The molecule has 0 saturated carbocycles. The van der Waals surface area contributed by atoms with E-state index in [9.17, 15) is 14.9 Å². The average molecular weight is 416 g/mol. The second-order valence-electron chi connectivity index (χ2n) is 6.16. The lowest BCUT2D eigenvalue weighted by molar-refractivity contribution is -0.384. The van der Waals surface area contributed by atoms with Gasteiger partial charge in [-0.3, -0.25) is 14.9 Å². The summed E-state index contributed by atoms with van der Waals surface area (Å²) in [6.07, 6.45) is 3.48. The Labute approximate surface area is 169 Å². The molecule has 0 fully saturated rings. The highest BCUT2D eigenvalue weighted by Crippen LogP contribution is 2.34. The van der Waals surface area contributed by atoms with E-state index in [0.29, 0.717) is 23.7 Å². The molecule has 9 nitrogen and oxygen atoms in total. The molecule has 0 saturated heterocycles. The second kappa shape index (κ2) is 7.80. The molecule has 1 atom stereocenters. The van der Waals surface area contributed by atoms with E-state index in [1.807, 2.05) is 0 Å². The fourth-order valence-electron chi connectivity index (χ4n) is 2.96. The van der Waals surface area contributed by atoms with E-state index in [1.165, 1.54) is 29.7 Å². The number of furan rings is 2. The highest BCUT2D eigenvalue weighted by Gasteiger charge is 2.36. The number of nitrogens with zero attached hydrogens (tertiary/aromatic N) is 3. The summed E-state index contributed by atoms with van der Waals surface area (Å²) in [6.45, 7) is -0.357. The molecule has 2 aromatic heterocycles. The van der Waals surface area contributed by atoms with Crippen molar-refractivity contribution in [3.05, 3.63) is 81.6 Å². The van der Waals surface area contributed by atoms with Crippen LogP contribution in [-0.2, 0) is 4.79 Å². The van der Waals surface area contributed by atoms with Gasteiger partial charge in [0, 0.05) is 18.6 Å². The summed E-state index contributed by atoms with van der Waals surface area (Å²) in [6, 6.07) is 10.3. The number of carbonyl (C=O) groups excluding carboxylic acids is 1. The molecule has 3 aromatic rings. The van der Waals surface area contributed by atoms with Gasteiger partial charge in [-0.15, -0.1) is 0 Å². The number of amides is 1. The van der Waals surface area contributed by atoms with Crippen LogP contribution in [0.1, 0.15) is 24.0 Å². The Morgan fingerprint density at radius 2 is 2.07 bits per heavy atom. The average Bonchev–Trinajstić information content (AvgIpc) is 3.47.